The Labute approximate surface area is 120 Å². The molecule has 0 saturated heterocycles. The van der Waals surface area contributed by atoms with E-state index in [1.165, 1.54) is 12.8 Å². The van der Waals surface area contributed by atoms with Gasteiger partial charge in [-0.1, -0.05) is 0 Å². The lowest BCUT2D eigenvalue weighted by molar-refractivity contribution is 0.0950. The van der Waals surface area contributed by atoms with Crippen molar-refractivity contribution in [2.24, 2.45) is 11.7 Å². The number of hydrogen-bond donors (Lipinski definition) is 2. The molecule has 2 rings (SSSR count). The van der Waals surface area contributed by atoms with Crippen molar-refractivity contribution in [1.82, 2.24) is 5.32 Å². The second kappa shape index (κ2) is 6.18. The van der Waals surface area contributed by atoms with E-state index in [1.54, 1.807) is 11.3 Å². The second-order valence-corrected chi connectivity index (χ2v) is 6.83. The summed E-state index contributed by atoms with van der Waals surface area (Å²) in [6.07, 6.45) is 2.41. The Morgan fingerprint density at radius 2 is 2.35 bits per heavy atom. The second-order valence-electron chi connectivity index (χ2n) is 4.26. The van der Waals surface area contributed by atoms with Gasteiger partial charge in [0.2, 0.25) is 0 Å². The molecule has 1 unspecified atom stereocenters. The maximum Gasteiger partial charge on any atom is 0.253 e. The number of nitrogens with two attached hydrogens (primary N) is 1. The average molecular weight is 340 g/mol. The van der Waals surface area contributed by atoms with Crippen LogP contribution in [0.15, 0.2) is 9.85 Å². The Bertz CT molecular complexity index is 406. The fourth-order valence-electron chi connectivity index (χ4n) is 1.64. The van der Waals surface area contributed by atoms with Gasteiger partial charge in [0.15, 0.2) is 0 Å². The lowest BCUT2D eigenvalue weighted by Gasteiger charge is -2.11. The van der Waals surface area contributed by atoms with Gasteiger partial charge in [-0.25, -0.2) is 0 Å². The largest absolute Gasteiger partial charge is 0.350 e. The Balaban J connectivity index is 0.00000144. The van der Waals surface area contributed by atoms with Crippen LogP contribution in [-0.2, 0) is 0 Å². The molecule has 1 heterocycles. The van der Waals surface area contributed by atoms with E-state index in [2.05, 4.69) is 21.2 Å². The Morgan fingerprint density at radius 3 is 2.82 bits per heavy atom. The number of aryl methyl sites for hydroxylation is 1. The number of thiophene rings is 1. The predicted molar refractivity (Wildman–Crippen MR) is 77.0 cm³/mol. The van der Waals surface area contributed by atoms with Crippen LogP contribution in [0.4, 0.5) is 0 Å². The van der Waals surface area contributed by atoms with Crippen molar-refractivity contribution in [3.05, 3.63) is 20.3 Å². The summed E-state index contributed by atoms with van der Waals surface area (Å²) in [5, 5.41) is 2.89. The molecule has 0 radical (unpaired) electrons. The first kappa shape index (κ1) is 15.0. The number of rotatable bonds is 4. The van der Waals surface area contributed by atoms with E-state index >= 15 is 0 Å². The zero-order valence-corrected chi connectivity index (χ0v) is 12.8. The van der Waals surface area contributed by atoms with Crippen molar-refractivity contribution in [1.29, 1.82) is 0 Å². The SMILES string of the molecule is Cc1cc(C(=O)NCC(N)C2CC2)c(Br)s1.Cl. The van der Waals surface area contributed by atoms with E-state index in [0.29, 0.717) is 18.0 Å². The van der Waals surface area contributed by atoms with Crippen LogP contribution in [0.2, 0.25) is 0 Å². The summed E-state index contributed by atoms with van der Waals surface area (Å²) in [5.41, 5.74) is 6.64. The molecule has 1 aromatic rings. The predicted octanol–water partition coefficient (Wildman–Crippen LogP) is 2.71. The van der Waals surface area contributed by atoms with E-state index in [4.69, 9.17) is 5.73 Å². The van der Waals surface area contributed by atoms with Gasteiger partial charge in [-0.05, 0) is 47.7 Å². The highest BCUT2D eigenvalue weighted by Crippen LogP contribution is 2.31. The number of nitrogens with one attached hydrogen (secondary N) is 1. The van der Waals surface area contributed by atoms with Crippen molar-refractivity contribution in [3.63, 3.8) is 0 Å². The van der Waals surface area contributed by atoms with E-state index in [1.807, 2.05) is 13.0 Å². The van der Waals surface area contributed by atoms with Crippen LogP contribution in [0.1, 0.15) is 28.1 Å². The van der Waals surface area contributed by atoms with Gasteiger partial charge in [0.05, 0.1) is 9.35 Å². The molecule has 1 amide bonds. The maximum absolute atomic E-state index is 11.8. The van der Waals surface area contributed by atoms with Crippen molar-refractivity contribution in [2.45, 2.75) is 25.8 Å². The zero-order valence-electron chi connectivity index (χ0n) is 9.53. The van der Waals surface area contributed by atoms with Crippen LogP contribution < -0.4 is 11.1 Å². The van der Waals surface area contributed by atoms with Crippen LogP contribution in [0.25, 0.3) is 0 Å². The average Bonchev–Trinajstić information content (AvgIpc) is 3.01. The van der Waals surface area contributed by atoms with Gasteiger partial charge in [0, 0.05) is 17.5 Å². The first-order valence-electron chi connectivity index (χ1n) is 5.37. The highest BCUT2D eigenvalue weighted by molar-refractivity contribution is 9.11. The van der Waals surface area contributed by atoms with Crippen molar-refractivity contribution < 1.29 is 4.79 Å². The van der Waals surface area contributed by atoms with Gasteiger partial charge >= 0.3 is 0 Å². The molecule has 1 aromatic heterocycles. The molecular weight excluding hydrogens is 324 g/mol. The summed E-state index contributed by atoms with van der Waals surface area (Å²) in [5.74, 6) is 0.584. The van der Waals surface area contributed by atoms with Crippen molar-refractivity contribution in [2.75, 3.05) is 6.54 Å². The summed E-state index contributed by atoms with van der Waals surface area (Å²) >= 11 is 4.97. The van der Waals surface area contributed by atoms with Crippen molar-refractivity contribution >= 4 is 45.6 Å². The third-order valence-corrected chi connectivity index (χ3v) is 4.53. The van der Waals surface area contributed by atoms with Crippen LogP contribution in [-0.4, -0.2) is 18.5 Å². The molecule has 1 aliphatic carbocycles. The number of hydrogen-bond acceptors (Lipinski definition) is 3. The quantitative estimate of drug-likeness (QED) is 0.886. The van der Waals surface area contributed by atoms with Gasteiger partial charge in [-0.15, -0.1) is 23.7 Å². The molecule has 0 bridgehead atoms. The van der Waals surface area contributed by atoms with Gasteiger partial charge in [-0.3, -0.25) is 4.79 Å². The standard InChI is InChI=1S/C11H15BrN2OS.ClH/c1-6-4-8(10(12)16-6)11(15)14-5-9(13)7-2-3-7;/h4,7,9H,2-3,5,13H2,1H3,(H,14,15);1H. The van der Waals surface area contributed by atoms with Crippen LogP contribution >= 0.6 is 39.7 Å². The van der Waals surface area contributed by atoms with E-state index < -0.39 is 0 Å². The topological polar surface area (TPSA) is 55.1 Å². The van der Waals surface area contributed by atoms with Crippen LogP contribution in [0.5, 0.6) is 0 Å². The first-order valence-corrected chi connectivity index (χ1v) is 6.98. The molecule has 1 fully saturated rings. The Morgan fingerprint density at radius 1 is 1.71 bits per heavy atom. The molecule has 3 nitrogen and oxygen atoms in total. The van der Waals surface area contributed by atoms with E-state index in [-0.39, 0.29) is 24.4 Å². The number of carbonyl (C=O) groups is 1. The van der Waals surface area contributed by atoms with Crippen LogP contribution in [0, 0.1) is 12.8 Å². The number of halogens is 2. The monoisotopic (exact) mass is 338 g/mol. The smallest absolute Gasteiger partial charge is 0.253 e. The Kier molecular flexibility index (Phi) is 5.44. The molecule has 1 saturated carbocycles. The summed E-state index contributed by atoms with van der Waals surface area (Å²) in [4.78, 5) is 13.0. The molecule has 1 atom stereocenters. The minimum atomic E-state index is -0.0349. The molecule has 96 valence electrons. The third kappa shape index (κ3) is 3.95. The Hall–Kier alpha value is -0.1000. The fraction of sp³-hybridized carbons (Fsp3) is 0.545. The zero-order chi connectivity index (χ0) is 11.7. The number of carbonyl (C=O) groups excluding carboxylic acids is 1. The van der Waals surface area contributed by atoms with Gasteiger partial charge < -0.3 is 11.1 Å². The molecule has 3 N–H and O–H groups in total. The van der Waals surface area contributed by atoms with Crippen molar-refractivity contribution in [3.8, 4) is 0 Å². The number of amides is 1. The normalized spacial score (nSPS) is 16.2. The van der Waals surface area contributed by atoms with Gasteiger partial charge in [-0.2, -0.15) is 0 Å². The fourth-order valence-corrected chi connectivity index (χ4v) is 3.42. The maximum atomic E-state index is 11.8. The third-order valence-electron chi connectivity index (χ3n) is 2.78. The summed E-state index contributed by atoms with van der Waals surface area (Å²) < 4.78 is 0.891. The molecule has 0 aromatic carbocycles. The van der Waals surface area contributed by atoms with Gasteiger partial charge in [0.25, 0.3) is 5.91 Å². The highest BCUT2D eigenvalue weighted by Gasteiger charge is 2.28. The summed E-state index contributed by atoms with van der Waals surface area (Å²) in [6.45, 7) is 2.56. The summed E-state index contributed by atoms with van der Waals surface area (Å²) in [6, 6.07) is 2.01. The molecule has 0 spiro atoms. The van der Waals surface area contributed by atoms with Gasteiger partial charge in [0.1, 0.15) is 0 Å². The summed E-state index contributed by atoms with van der Waals surface area (Å²) in [7, 11) is 0. The first-order chi connectivity index (χ1) is 7.58. The molecule has 6 heteroatoms. The van der Waals surface area contributed by atoms with E-state index in [9.17, 15) is 4.79 Å². The molecule has 17 heavy (non-hydrogen) atoms. The minimum absolute atomic E-state index is 0. The van der Waals surface area contributed by atoms with Crippen LogP contribution in [0.3, 0.4) is 0 Å². The lowest BCUT2D eigenvalue weighted by atomic mass is 10.2. The van der Waals surface area contributed by atoms with E-state index in [0.717, 1.165) is 8.66 Å². The highest BCUT2D eigenvalue weighted by atomic mass is 79.9. The molecule has 0 aliphatic heterocycles. The molecule has 1 aliphatic rings. The minimum Gasteiger partial charge on any atom is -0.350 e. The lowest BCUT2D eigenvalue weighted by Crippen LogP contribution is -2.38. The molecular formula is C11H16BrClN2OS.